The molecule has 8 heteroatoms. The van der Waals surface area contributed by atoms with Crippen molar-refractivity contribution in [2.45, 2.75) is 0 Å². The summed E-state index contributed by atoms with van der Waals surface area (Å²) in [6.07, 6.45) is 1.75. The molecule has 0 aliphatic heterocycles. The molecule has 0 saturated heterocycles. The molecule has 8 nitrogen and oxygen atoms in total. The van der Waals surface area contributed by atoms with Crippen molar-refractivity contribution in [3.05, 3.63) is 48.7 Å². The zero-order valence-electron chi connectivity index (χ0n) is 17.1. The number of benzene rings is 1. The van der Waals surface area contributed by atoms with Gasteiger partial charge in [-0.1, -0.05) is 6.07 Å². The van der Waals surface area contributed by atoms with E-state index >= 15 is 0 Å². The summed E-state index contributed by atoms with van der Waals surface area (Å²) in [5.41, 5.74) is 2.27. The first-order valence-electron chi connectivity index (χ1n) is 9.27. The Kier molecular flexibility index (Phi) is 6.80. The van der Waals surface area contributed by atoms with Crippen LogP contribution in [0.2, 0.25) is 0 Å². The van der Waals surface area contributed by atoms with Crippen LogP contribution in [0, 0.1) is 0 Å². The van der Waals surface area contributed by atoms with E-state index in [0.717, 1.165) is 35.9 Å². The third-order valence-corrected chi connectivity index (χ3v) is 4.17. The number of nitrogens with one attached hydrogen (secondary N) is 2. The quantitative estimate of drug-likeness (QED) is 0.572. The standard InChI is InChI=1S/C21H26N6O2/c1-27(2)12-11-23-21-25-18(16-7-5-6-10-22-16)14-20(26-21)24-17-9-8-15(28-3)13-19(17)29-4/h5-10,13-14H,11-12H2,1-4H3,(H2,23,24,25,26). The largest absolute Gasteiger partial charge is 0.497 e. The fraction of sp³-hybridized carbons (Fsp3) is 0.286. The SMILES string of the molecule is COc1ccc(Nc2cc(-c3ccccn3)nc(NCCN(C)C)n2)c(OC)c1. The van der Waals surface area contributed by atoms with Gasteiger partial charge in [0.25, 0.3) is 0 Å². The number of likely N-dealkylation sites (N-methyl/N-ethyl adjacent to an activating group) is 1. The molecule has 0 saturated carbocycles. The Labute approximate surface area is 170 Å². The van der Waals surface area contributed by atoms with Gasteiger partial charge in [0.1, 0.15) is 17.3 Å². The minimum Gasteiger partial charge on any atom is -0.497 e. The molecule has 2 heterocycles. The Balaban J connectivity index is 1.92. The number of pyridine rings is 1. The van der Waals surface area contributed by atoms with Gasteiger partial charge >= 0.3 is 0 Å². The van der Waals surface area contributed by atoms with Crippen molar-refractivity contribution in [2.75, 3.05) is 52.0 Å². The highest BCUT2D eigenvalue weighted by molar-refractivity contribution is 5.69. The summed E-state index contributed by atoms with van der Waals surface area (Å²) in [4.78, 5) is 15.7. The van der Waals surface area contributed by atoms with Gasteiger partial charge in [-0.3, -0.25) is 4.98 Å². The van der Waals surface area contributed by atoms with Crippen LogP contribution in [0.15, 0.2) is 48.7 Å². The van der Waals surface area contributed by atoms with Crippen LogP contribution in [0.25, 0.3) is 11.4 Å². The molecule has 2 aromatic heterocycles. The smallest absolute Gasteiger partial charge is 0.225 e. The van der Waals surface area contributed by atoms with Crippen molar-refractivity contribution in [2.24, 2.45) is 0 Å². The summed E-state index contributed by atoms with van der Waals surface area (Å²) in [5, 5.41) is 6.59. The van der Waals surface area contributed by atoms with Gasteiger partial charge in [0.15, 0.2) is 0 Å². The Morgan fingerprint density at radius 3 is 2.52 bits per heavy atom. The summed E-state index contributed by atoms with van der Waals surface area (Å²) in [6, 6.07) is 13.2. The number of rotatable bonds is 9. The maximum Gasteiger partial charge on any atom is 0.225 e. The van der Waals surface area contributed by atoms with Crippen molar-refractivity contribution in [3.8, 4) is 22.9 Å². The van der Waals surface area contributed by atoms with Crippen LogP contribution in [-0.2, 0) is 0 Å². The first kappa shape index (κ1) is 20.3. The van der Waals surface area contributed by atoms with Crippen molar-refractivity contribution >= 4 is 17.5 Å². The van der Waals surface area contributed by atoms with Gasteiger partial charge in [-0.15, -0.1) is 0 Å². The first-order valence-corrected chi connectivity index (χ1v) is 9.27. The average Bonchev–Trinajstić information content (AvgIpc) is 2.74. The second-order valence-electron chi connectivity index (χ2n) is 6.60. The van der Waals surface area contributed by atoms with Gasteiger partial charge < -0.3 is 25.0 Å². The van der Waals surface area contributed by atoms with Crippen LogP contribution in [0.5, 0.6) is 11.5 Å². The molecule has 2 N–H and O–H groups in total. The van der Waals surface area contributed by atoms with Crippen LogP contribution in [0.1, 0.15) is 0 Å². The summed E-state index contributed by atoms with van der Waals surface area (Å²) in [5.74, 6) is 2.54. The van der Waals surface area contributed by atoms with E-state index in [9.17, 15) is 0 Å². The lowest BCUT2D eigenvalue weighted by molar-refractivity contribution is 0.395. The van der Waals surface area contributed by atoms with Gasteiger partial charge in [0, 0.05) is 31.4 Å². The predicted octanol–water partition coefficient (Wildman–Crippen LogP) is 3.27. The third-order valence-electron chi connectivity index (χ3n) is 4.17. The minimum absolute atomic E-state index is 0.532. The number of ether oxygens (including phenoxy) is 2. The lowest BCUT2D eigenvalue weighted by atomic mass is 10.2. The van der Waals surface area contributed by atoms with E-state index < -0.39 is 0 Å². The Bertz CT molecular complexity index is 934. The second-order valence-corrected chi connectivity index (χ2v) is 6.60. The zero-order valence-corrected chi connectivity index (χ0v) is 17.1. The Hall–Kier alpha value is -3.39. The molecule has 3 aromatic rings. The fourth-order valence-corrected chi connectivity index (χ4v) is 2.67. The van der Waals surface area contributed by atoms with E-state index in [1.54, 1.807) is 20.4 Å². The van der Waals surface area contributed by atoms with Crippen LogP contribution >= 0.6 is 0 Å². The average molecular weight is 394 g/mol. The lowest BCUT2D eigenvalue weighted by Crippen LogP contribution is -2.21. The number of hydrogen-bond acceptors (Lipinski definition) is 8. The molecule has 0 fully saturated rings. The Morgan fingerprint density at radius 2 is 1.83 bits per heavy atom. The monoisotopic (exact) mass is 394 g/mol. The van der Waals surface area contributed by atoms with Gasteiger partial charge in [-0.2, -0.15) is 4.98 Å². The van der Waals surface area contributed by atoms with Gasteiger partial charge in [0.2, 0.25) is 5.95 Å². The molecular formula is C21H26N6O2. The van der Waals surface area contributed by atoms with Crippen LogP contribution in [0.4, 0.5) is 17.5 Å². The summed E-state index contributed by atoms with van der Waals surface area (Å²) >= 11 is 0. The highest BCUT2D eigenvalue weighted by atomic mass is 16.5. The van der Waals surface area contributed by atoms with Crippen LogP contribution in [-0.4, -0.2) is 61.3 Å². The van der Waals surface area contributed by atoms with Crippen molar-refractivity contribution in [1.29, 1.82) is 0 Å². The molecule has 0 unspecified atom stereocenters. The zero-order chi connectivity index (χ0) is 20.6. The summed E-state index contributed by atoms with van der Waals surface area (Å²) in [7, 11) is 7.29. The molecule has 0 bridgehead atoms. The van der Waals surface area contributed by atoms with E-state index in [4.69, 9.17) is 9.47 Å². The maximum absolute atomic E-state index is 5.48. The molecule has 0 aliphatic carbocycles. The second kappa shape index (κ2) is 9.70. The topological polar surface area (TPSA) is 84.4 Å². The lowest BCUT2D eigenvalue weighted by Gasteiger charge is -2.15. The molecule has 3 rings (SSSR count). The predicted molar refractivity (Wildman–Crippen MR) is 115 cm³/mol. The van der Waals surface area contributed by atoms with Crippen molar-refractivity contribution < 1.29 is 9.47 Å². The number of anilines is 3. The molecule has 0 atom stereocenters. The molecule has 0 amide bonds. The Morgan fingerprint density at radius 1 is 0.966 bits per heavy atom. The highest BCUT2D eigenvalue weighted by Gasteiger charge is 2.11. The molecule has 152 valence electrons. The number of nitrogens with zero attached hydrogens (tertiary/aromatic N) is 4. The van der Waals surface area contributed by atoms with Crippen molar-refractivity contribution in [1.82, 2.24) is 19.9 Å². The van der Waals surface area contributed by atoms with Gasteiger partial charge in [-0.25, -0.2) is 4.98 Å². The van der Waals surface area contributed by atoms with Gasteiger partial charge in [0.05, 0.1) is 31.3 Å². The fourth-order valence-electron chi connectivity index (χ4n) is 2.67. The number of hydrogen-bond donors (Lipinski definition) is 2. The van der Waals surface area contributed by atoms with Crippen LogP contribution < -0.4 is 20.1 Å². The van der Waals surface area contributed by atoms with Crippen molar-refractivity contribution in [3.63, 3.8) is 0 Å². The molecule has 0 radical (unpaired) electrons. The van der Waals surface area contributed by atoms with Gasteiger partial charge in [-0.05, 0) is 38.4 Å². The molecule has 0 spiro atoms. The molecule has 0 aliphatic rings. The minimum atomic E-state index is 0.532. The van der Waals surface area contributed by atoms with E-state index in [0.29, 0.717) is 17.5 Å². The molecule has 1 aromatic carbocycles. The highest BCUT2D eigenvalue weighted by Crippen LogP contribution is 2.32. The first-order chi connectivity index (χ1) is 14.1. The maximum atomic E-state index is 5.48. The third kappa shape index (κ3) is 5.55. The summed E-state index contributed by atoms with van der Waals surface area (Å²) in [6.45, 7) is 1.59. The summed E-state index contributed by atoms with van der Waals surface area (Å²) < 4.78 is 10.7. The van der Waals surface area contributed by atoms with Crippen LogP contribution in [0.3, 0.4) is 0 Å². The van der Waals surface area contributed by atoms with E-state index in [1.807, 2.05) is 56.6 Å². The normalized spacial score (nSPS) is 10.7. The van der Waals surface area contributed by atoms with E-state index in [2.05, 4.69) is 30.5 Å². The number of aromatic nitrogens is 3. The number of methoxy groups -OCH3 is 2. The molecule has 29 heavy (non-hydrogen) atoms. The van der Waals surface area contributed by atoms with E-state index in [-0.39, 0.29) is 0 Å². The molecular weight excluding hydrogens is 368 g/mol. The van der Waals surface area contributed by atoms with E-state index in [1.165, 1.54) is 0 Å².